The SMILES string of the molecule is CCN(CC)C(N)=NC1CC12CCCC2. The van der Waals surface area contributed by atoms with E-state index in [-0.39, 0.29) is 0 Å². The zero-order valence-corrected chi connectivity index (χ0v) is 10.00. The topological polar surface area (TPSA) is 41.6 Å². The number of nitrogens with zero attached hydrogens (tertiary/aromatic N) is 2. The van der Waals surface area contributed by atoms with E-state index in [2.05, 4.69) is 23.7 Å². The molecule has 3 heteroatoms. The minimum Gasteiger partial charge on any atom is -0.370 e. The standard InChI is InChI=1S/C12H23N3/c1-3-15(4-2)11(13)14-10-9-12(10)7-5-6-8-12/h10H,3-9H2,1-2H3,(H2,13,14). The van der Waals surface area contributed by atoms with Crippen LogP contribution in [0, 0.1) is 5.41 Å². The lowest BCUT2D eigenvalue weighted by Crippen LogP contribution is -2.37. The molecule has 0 aliphatic heterocycles. The molecule has 15 heavy (non-hydrogen) atoms. The van der Waals surface area contributed by atoms with Gasteiger partial charge in [0.25, 0.3) is 0 Å². The van der Waals surface area contributed by atoms with E-state index in [0.29, 0.717) is 11.5 Å². The Morgan fingerprint density at radius 3 is 2.47 bits per heavy atom. The Balaban J connectivity index is 1.94. The molecule has 2 saturated carbocycles. The van der Waals surface area contributed by atoms with Crippen molar-refractivity contribution in [2.45, 2.75) is 52.0 Å². The first-order valence-electron chi connectivity index (χ1n) is 6.30. The smallest absolute Gasteiger partial charge is 0.191 e. The Morgan fingerprint density at radius 1 is 1.33 bits per heavy atom. The lowest BCUT2D eigenvalue weighted by atomic mass is 10.1. The molecule has 1 atom stereocenters. The molecule has 0 radical (unpaired) electrons. The highest BCUT2D eigenvalue weighted by Gasteiger charge is 2.55. The highest BCUT2D eigenvalue weighted by Crippen LogP contribution is 2.59. The van der Waals surface area contributed by atoms with Gasteiger partial charge in [-0.1, -0.05) is 12.8 Å². The largest absolute Gasteiger partial charge is 0.370 e. The molecule has 86 valence electrons. The highest BCUT2D eigenvalue weighted by atomic mass is 15.3. The van der Waals surface area contributed by atoms with Crippen molar-refractivity contribution in [3.63, 3.8) is 0 Å². The van der Waals surface area contributed by atoms with E-state index in [1.165, 1.54) is 32.1 Å². The van der Waals surface area contributed by atoms with E-state index in [1.54, 1.807) is 0 Å². The summed E-state index contributed by atoms with van der Waals surface area (Å²) in [6, 6.07) is 0.542. The van der Waals surface area contributed by atoms with Crippen LogP contribution in [-0.4, -0.2) is 30.0 Å². The monoisotopic (exact) mass is 209 g/mol. The molecule has 0 bridgehead atoms. The molecule has 2 N–H and O–H groups in total. The highest BCUT2D eigenvalue weighted by molar-refractivity contribution is 5.78. The lowest BCUT2D eigenvalue weighted by molar-refractivity contribution is 0.452. The molecule has 2 aliphatic rings. The van der Waals surface area contributed by atoms with Gasteiger partial charge in [-0.15, -0.1) is 0 Å². The maximum Gasteiger partial charge on any atom is 0.191 e. The lowest BCUT2D eigenvalue weighted by Gasteiger charge is -2.19. The summed E-state index contributed by atoms with van der Waals surface area (Å²) in [7, 11) is 0. The Morgan fingerprint density at radius 2 is 1.93 bits per heavy atom. The Bertz CT molecular complexity index is 250. The zero-order valence-electron chi connectivity index (χ0n) is 10.00. The minimum absolute atomic E-state index is 0.542. The summed E-state index contributed by atoms with van der Waals surface area (Å²) in [5.41, 5.74) is 6.59. The van der Waals surface area contributed by atoms with Crippen molar-refractivity contribution in [3.05, 3.63) is 0 Å². The van der Waals surface area contributed by atoms with Gasteiger partial charge in [0.05, 0.1) is 6.04 Å². The fourth-order valence-electron chi connectivity index (χ4n) is 2.91. The van der Waals surface area contributed by atoms with Crippen LogP contribution in [0.1, 0.15) is 46.0 Å². The van der Waals surface area contributed by atoms with Crippen LogP contribution in [0.3, 0.4) is 0 Å². The van der Waals surface area contributed by atoms with Crippen LogP contribution >= 0.6 is 0 Å². The third-order valence-corrected chi connectivity index (χ3v) is 4.12. The normalized spacial score (nSPS) is 28.4. The van der Waals surface area contributed by atoms with Gasteiger partial charge >= 0.3 is 0 Å². The van der Waals surface area contributed by atoms with E-state index in [4.69, 9.17) is 5.73 Å². The second kappa shape index (κ2) is 4.03. The quantitative estimate of drug-likeness (QED) is 0.570. The summed E-state index contributed by atoms with van der Waals surface area (Å²) in [4.78, 5) is 6.83. The molecule has 2 rings (SSSR count). The zero-order chi connectivity index (χ0) is 10.9. The number of hydrogen-bond donors (Lipinski definition) is 1. The third kappa shape index (κ3) is 1.97. The van der Waals surface area contributed by atoms with Crippen LogP contribution in [0.2, 0.25) is 0 Å². The summed E-state index contributed by atoms with van der Waals surface area (Å²) in [6.45, 7) is 6.19. The van der Waals surface area contributed by atoms with E-state index in [0.717, 1.165) is 19.0 Å². The third-order valence-electron chi connectivity index (χ3n) is 4.12. The van der Waals surface area contributed by atoms with Crippen molar-refractivity contribution >= 4 is 5.96 Å². The number of rotatable bonds is 3. The number of hydrogen-bond acceptors (Lipinski definition) is 1. The summed E-state index contributed by atoms with van der Waals surface area (Å²) in [5.74, 6) is 0.758. The summed E-state index contributed by atoms with van der Waals surface area (Å²) in [6.07, 6.45) is 6.85. The summed E-state index contributed by atoms with van der Waals surface area (Å²) < 4.78 is 0. The van der Waals surface area contributed by atoms with Crippen molar-refractivity contribution in [1.82, 2.24) is 4.90 Å². The second-order valence-corrected chi connectivity index (χ2v) is 4.95. The first-order chi connectivity index (χ1) is 7.22. The van der Waals surface area contributed by atoms with Gasteiger partial charge in [-0.25, -0.2) is 4.99 Å². The summed E-state index contributed by atoms with van der Waals surface area (Å²) in [5, 5.41) is 0. The number of guanidine groups is 1. The average Bonchev–Trinajstić information content (AvgIpc) is 2.67. The molecule has 0 aromatic rings. The van der Waals surface area contributed by atoms with E-state index in [9.17, 15) is 0 Å². The van der Waals surface area contributed by atoms with Gasteiger partial charge < -0.3 is 10.6 Å². The molecule has 3 nitrogen and oxygen atoms in total. The van der Waals surface area contributed by atoms with Crippen LogP contribution in [0.25, 0.3) is 0 Å². The molecule has 1 unspecified atom stereocenters. The van der Waals surface area contributed by atoms with Gasteiger partial charge in [0.1, 0.15) is 0 Å². The van der Waals surface area contributed by atoms with E-state index >= 15 is 0 Å². The van der Waals surface area contributed by atoms with Gasteiger partial charge in [0.2, 0.25) is 0 Å². The first-order valence-corrected chi connectivity index (χ1v) is 6.30. The average molecular weight is 209 g/mol. The molecular weight excluding hydrogens is 186 g/mol. The van der Waals surface area contributed by atoms with Crippen LogP contribution in [0.5, 0.6) is 0 Å². The van der Waals surface area contributed by atoms with Crippen LogP contribution in [0.15, 0.2) is 4.99 Å². The molecular formula is C12H23N3. The van der Waals surface area contributed by atoms with Crippen molar-refractivity contribution in [3.8, 4) is 0 Å². The van der Waals surface area contributed by atoms with Gasteiger partial charge in [-0.3, -0.25) is 0 Å². The predicted molar refractivity (Wildman–Crippen MR) is 63.8 cm³/mol. The summed E-state index contributed by atoms with van der Waals surface area (Å²) >= 11 is 0. The van der Waals surface area contributed by atoms with Gasteiger partial charge in [-0.05, 0) is 38.5 Å². The van der Waals surface area contributed by atoms with E-state index in [1.807, 2.05) is 0 Å². The molecule has 0 amide bonds. The predicted octanol–water partition coefficient (Wildman–Crippen LogP) is 1.98. The maximum atomic E-state index is 6.01. The Labute approximate surface area is 92.7 Å². The molecule has 0 saturated heterocycles. The van der Waals surface area contributed by atoms with Gasteiger partial charge in [0.15, 0.2) is 5.96 Å². The second-order valence-electron chi connectivity index (χ2n) is 4.95. The fraction of sp³-hybridized carbons (Fsp3) is 0.917. The van der Waals surface area contributed by atoms with Crippen molar-refractivity contribution in [1.29, 1.82) is 0 Å². The first kappa shape index (κ1) is 10.8. The number of aliphatic imine (C=N–C) groups is 1. The molecule has 2 aliphatic carbocycles. The molecule has 0 heterocycles. The Hall–Kier alpha value is -0.730. The molecule has 0 aromatic carbocycles. The van der Waals surface area contributed by atoms with Crippen LogP contribution < -0.4 is 5.73 Å². The van der Waals surface area contributed by atoms with Gasteiger partial charge in [-0.2, -0.15) is 0 Å². The van der Waals surface area contributed by atoms with E-state index < -0.39 is 0 Å². The number of nitrogens with two attached hydrogens (primary N) is 1. The van der Waals surface area contributed by atoms with Crippen molar-refractivity contribution in [2.24, 2.45) is 16.1 Å². The fourth-order valence-corrected chi connectivity index (χ4v) is 2.91. The molecule has 1 spiro atoms. The minimum atomic E-state index is 0.542. The molecule has 0 aromatic heterocycles. The molecule has 2 fully saturated rings. The van der Waals surface area contributed by atoms with Gasteiger partial charge in [0, 0.05) is 13.1 Å². The maximum absolute atomic E-state index is 6.01. The Kier molecular flexibility index (Phi) is 2.89. The van der Waals surface area contributed by atoms with Crippen LogP contribution in [-0.2, 0) is 0 Å². The van der Waals surface area contributed by atoms with Crippen molar-refractivity contribution in [2.75, 3.05) is 13.1 Å². The van der Waals surface area contributed by atoms with Crippen molar-refractivity contribution < 1.29 is 0 Å². The van der Waals surface area contributed by atoms with Crippen LogP contribution in [0.4, 0.5) is 0 Å².